The van der Waals surface area contributed by atoms with Crippen LogP contribution in [0.3, 0.4) is 0 Å². The Labute approximate surface area is 224 Å². The summed E-state index contributed by atoms with van der Waals surface area (Å²) in [6.07, 6.45) is 1.28. The second-order valence-corrected chi connectivity index (χ2v) is 10.2. The van der Waals surface area contributed by atoms with Gasteiger partial charge < -0.3 is 10.6 Å². The zero-order valence-corrected chi connectivity index (χ0v) is 22.1. The van der Waals surface area contributed by atoms with E-state index in [1.165, 1.54) is 26.1 Å². The first-order chi connectivity index (χ1) is 17.6. The number of anilines is 3. The summed E-state index contributed by atoms with van der Waals surface area (Å²) in [5, 5.41) is 5.78. The topological polar surface area (TPSA) is 104 Å². The zero-order valence-electron chi connectivity index (χ0n) is 20.0. The third kappa shape index (κ3) is 4.32. The number of nitrogens with one attached hydrogen (secondary N) is 2. The summed E-state index contributed by atoms with van der Waals surface area (Å²) in [6, 6.07) is 10.1. The molecule has 3 aromatic rings. The van der Waals surface area contributed by atoms with Gasteiger partial charge in [0.05, 0.1) is 24.0 Å². The van der Waals surface area contributed by atoms with E-state index >= 15 is 4.39 Å². The van der Waals surface area contributed by atoms with Crippen molar-refractivity contribution in [1.82, 2.24) is 14.0 Å². The second kappa shape index (κ2) is 9.21. The Morgan fingerprint density at radius 3 is 2.49 bits per heavy atom. The molecular formula is C26H22FIN5O4+. The van der Waals surface area contributed by atoms with E-state index in [1.54, 1.807) is 30.3 Å². The molecule has 0 radical (unpaired) electrons. The van der Waals surface area contributed by atoms with Crippen LogP contribution in [0.25, 0.3) is 6.58 Å². The van der Waals surface area contributed by atoms with Crippen LogP contribution in [0.15, 0.2) is 47.3 Å². The molecule has 37 heavy (non-hydrogen) atoms. The number of carbonyl (C=O) groups is 3. The smallest absolute Gasteiger partial charge is 0.354 e. The van der Waals surface area contributed by atoms with Crippen LogP contribution in [0.2, 0.25) is 0 Å². The lowest BCUT2D eigenvalue weighted by atomic mass is 10.1. The summed E-state index contributed by atoms with van der Waals surface area (Å²) in [5.74, 6) is -1.52. The molecule has 2 aromatic carbocycles. The average molecular weight is 614 g/mol. The van der Waals surface area contributed by atoms with Crippen molar-refractivity contribution in [2.24, 2.45) is 7.05 Å². The molecule has 1 aliphatic carbocycles. The van der Waals surface area contributed by atoms with E-state index in [0.717, 1.165) is 14.0 Å². The van der Waals surface area contributed by atoms with Crippen molar-refractivity contribution in [3.05, 3.63) is 78.5 Å². The number of carbonyl (C=O) groups excluding carboxylic acids is 3. The lowest BCUT2D eigenvalue weighted by Crippen LogP contribution is -2.60. The lowest BCUT2D eigenvalue weighted by Gasteiger charge is -2.24. The molecule has 0 atom stereocenters. The second-order valence-electron chi connectivity index (χ2n) is 8.92. The van der Waals surface area contributed by atoms with E-state index in [-0.39, 0.29) is 39.6 Å². The number of rotatable bonds is 5. The third-order valence-corrected chi connectivity index (χ3v) is 6.88. The monoisotopic (exact) mass is 614 g/mol. The van der Waals surface area contributed by atoms with Gasteiger partial charge >= 0.3 is 17.5 Å². The van der Waals surface area contributed by atoms with E-state index in [0.29, 0.717) is 27.8 Å². The number of nitrogens with zero attached hydrogens (tertiary/aromatic N) is 3. The third-order valence-electron chi connectivity index (χ3n) is 6.21. The molecule has 0 saturated heterocycles. The van der Waals surface area contributed by atoms with Gasteiger partial charge in [-0.3, -0.25) is 9.59 Å². The van der Waals surface area contributed by atoms with E-state index in [2.05, 4.69) is 17.2 Å². The molecule has 0 unspecified atom stereocenters. The molecular weight excluding hydrogens is 592 g/mol. The van der Waals surface area contributed by atoms with Crippen molar-refractivity contribution < 1.29 is 18.8 Å². The van der Waals surface area contributed by atoms with Gasteiger partial charge in [0.25, 0.3) is 5.49 Å². The first-order valence-corrected chi connectivity index (χ1v) is 12.5. The number of urea groups is 1. The minimum absolute atomic E-state index is 0.00709. The van der Waals surface area contributed by atoms with Crippen molar-refractivity contribution in [1.29, 1.82) is 0 Å². The van der Waals surface area contributed by atoms with Crippen LogP contribution < -0.4 is 31.5 Å². The highest BCUT2D eigenvalue weighted by Gasteiger charge is 2.50. The van der Waals surface area contributed by atoms with Crippen LogP contribution in [0.1, 0.15) is 30.1 Å². The Hall–Kier alpha value is -3.87. The molecule has 188 valence electrons. The van der Waals surface area contributed by atoms with Crippen molar-refractivity contribution in [3.63, 3.8) is 0 Å². The van der Waals surface area contributed by atoms with Crippen molar-refractivity contribution in [2.75, 3.05) is 10.6 Å². The summed E-state index contributed by atoms with van der Waals surface area (Å²) >= 11 is 1.96. The largest absolute Gasteiger partial charge is 0.451 e. The molecule has 5 rings (SSSR count). The minimum atomic E-state index is -0.717. The number of hydrogen-bond acceptors (Lipinski definition) is 5. The van der Waals surface area contributed by atoms with Crippen molar-refractivity contribution in [3.8, 4) is 0 Å². The quantitative estimate of drug-likeness (QED) is 0.340. The van der Waals surface area contributed by atoms with Gasteiger partial charge in [0.1, 0.15) is 5.69 Å². The van der Waals surface area contributed by atoms with Gasteiger partial charge in [0, 0.05) is 21.9 Å². The van der Waals surface area contributed by atoms with Crippen LogP contribution in [0, 0.1) is 9.39 Å². The highest BCUT2D eigenvalue weighted by atomic mass is 127. The first kappa shape index (κ1) is 24.8. The van der Waals surface area contributed by atoms with E-state index < -0.39 is 23.3 Å². The molecule has 0 spiro atoms. The summed E-state index contributed by atoms with van der Waals surface area (Å²) in [6.45, 7) is 5.29. The maximum Gasteiger partial charge on any atom is 0.451 e. The molecule has 2 N–H and O–H groups in total. The van der Waals surface area contributed by atoms with Gasteiger partial charge in [-0.1, -0.05) is 12.6 Å². The summed E-state index contributed by atoms with van der Waals surface area (Å²) in [5.41, 5.74) is 0.431. The van der Waals surface area contributed by atoms with Gasteiger partial charge in [-0.25, -0.2) is 18.5 Å². The highest BCUT2D eigenvalue weighted by molar-refractivity contribution is 14.1. The normalized spacial score (nSPS) is 15.0. The Bertz CT molecular complexity index is 1700. The number of hydrogen-bond donors (Lipinski definition) is 2. The van der Waals surface area contributed by atoms with Gasteiger partial charge in [-0.05, 0) is 71.8 Å². The zero-order chi connectivity index (χ0) is 26.6. The number of amides is 4. The molecule has 4 amide bonds. The molecule has 1 saturated carbocycles. The van der Waals surface area contributed by atoms with E-state index in [1.807, 2.05) is 22.6 Å². The average Bonchev–Trinajstić information content (AvgIpc) is 3.66. The molecule has 9 nitrogen and oxygen atoms in total. The van der Waals surface area contributed by atoms with Crippen LogP contribution in [-0.2, 0) is 11.8 Å². The molecule has 1 aliphatic heterocycles. The fraction of sp³-hybridized carbons (Fsp3) is 0.192. The number of pyridine rings is 1. The van der Waals surface area contributed by atoms with Gasteiger partial charge in [-0.15, -0.1) is 0 Å². The van der Waals surface area contributed by atoms with Crippen molar-refractivity contribution in [2.45, 2.75) is 25.8 Å². The van der Waals surface area contributed by atoms with Crippen LogP contribution in [0.5, 0.6) is 0 Å². The molecule has 1 fully saturated rings. The summed E-state index contributed by atoms with van der Waals surface area (Å²) in [7, 11) is 1.42. The Morgan fingerprint density at radius 1 is 1.14 bits per heavy atom. The Kier molecular flexibility index (Phi) is 6.18. The predicted molar refractivity (Wildman–Crippen MR) is 145 cm³/mol. The standard InChI is InChI=1S/C26H21FIN5O4/c1-13-22(30-17-6-4-5-16(12-17)29-14(2)34)21-23(31(3)24(13)35)33(20-10-7-15(28)11-19(20)27)26(37)32(25(21)36)18-8-9-18/h4-7,10-12,18H,1,8-9H2,2-3H3,(H,29,34)/p+1. The molecule has 0 bridgehead atoms. The Balaban J connectivity index is 1.83. The lowest BCUT2D eigenvalue weighted by molar-refractivity contribution is -0.114. The van der Waals surface area contributed by atoms with Gasteiger partial charge in [0.15, 0.2) is 11.4 Å². The predicted octanol–water partition coefficient (Wildman–Crippen LogP) is 2.80. The van der Waals surface area contributed by atoms with Crippen LogP contribution in [0.4, 0.5) is 31.9 Å². The maximum absolute atomic E-state index is 15.2. The molecule has 1 aromatic heterocycles. The van der Waals surface area contributed by atoms with E-state index in [9.17, 15) is 19.2 Å². The fourth-order valence-electron chi connectivity index (χ4n) is 4.40. The molecule has 11 heteroatoms. The Morgan fingerprint density at radius 2 is 1.84 bits per heavy atom. The summed E-state index contributed by atoms with van der Waals surface area (Å²) in [4.78, 5) is 53.4. The highest BCUT2D eigenvalue weighted by Crippen LogP contribution is 2.32. The fourth-order valence-corrected chi connectivity index (χ4v) is 4.85. The molecule has 2 aliphatic rings. The number of imide groups is 1. The number of fused-ring (bicyclic) bond motifs is 1. The SMILES string of the molecule is C=c1c(Nc2cccc(NC(C)=O)c2)c2c(n(C)c1=O)=[N+](c1ccc(I)cc1F)C(=O)N(C1CC1)C2=O. The van der Waals surface area contributed by atoms with Gasteiger partial charge in [-0.2, -0.15) is 9.48 Å². The maximum atomic E-state index is 15.2. The molecule has 2 heterocycles. The van der Waals surface area contributed by atoms with Gasteiger partial charge in [0.2, 0.25) is 5.91 Å². The number of benzene rings is 2. The summed E-state index contributed by atoms with van der Waals surface area (Å²) < 4.78 is 18.1. The number of aromatic nitrogens is 1. The van der Waals surface area contributed by atoms with Crippen LogP contribution >= 0.6 is 22.6 Å². The number of halogens is 2. The first-order valence-electron chi connectivity index (χ1n) is 11.4. The minimum Gasteiger partial charge on any atom is -0.354 e. The van der Waals surface area contributed by atoms with E-state index in [4.69, 9.17) is 0 Å². The van der Waals surface area contributed by atoms with Crippen molar-refractivity contribution >= 4 is 69.8 Å². The van der Waals surface area contributed by atoms with Crippen LogP contribution in [-0.4, -0.2) is 33.4 Å².